The number of nitrogens with zero attached hydrogens (tertiary/aromatic N) is 2. The molecule has 0 aromatic carbocycles. The summed E-state index contributed by atoms with van der Waals surface area (Å²) in [6, 6.07) is 1.48. The Balaban J connectivity index is 0.00000242. The molecule has 1 aliphatic carbocycles. The van der Waals surface area contributed by atoms with E-state index in [1.165, 1.54) is 63.8 Å². The van der Waals surface area contributed by atoms with E-state index in [1.54, 1.807) is 0 Å². The molecule has 130 valence electrons. The highest BCUT2D eigenvalue weighted by atomic mass is 127. The predicted octanol–water partition coefficient (Wildman–Crippen LogP) is 2.93. The molecule has 2 rings (SSSR count). The zero-order valence-electron chi connectivity index (χ0n) is 14.1. The number of nitrogens with one attached hydrogen (secondary N) is 2. The third kappa shape index (κ3) is 6.83. The molecule has 0 spiro atoms. The third-order valence-corrected chi connectivity index (χ3v) is 5.45. The number of halogens is 1. The van der Waals surface area contributed by atoms with Crippen LogP contribution >= 0.6 is 35.7 Å². The summed E-state index contributed by atoms with van der Waals surface area (Å²) in [4.78, 5) is 7.07. The van der Waals surface area contributed by atoms with E-state index < -0.39 is 0 Å². The summed E-state index contributed by atoms with van der Waals surface area (Å²) in [7, 11) is 1.87. The van der Waals surface area contributed by atoms with Gasteiger partial charge in [-0.05, 0) is 44.1 Å². The zero-order valence-corrected chi connectivity index (χ0v) is 17.3. The highest BCUT2D eigenvalue weighted by Gasteiger charge is 2.27. The minimum Gasteiger partial charge on any atom is -0.356 e. The number of likely N-dealkylation sites (tertiary alicyclic amines) is 1. The summed E-state index contributed by atoms with van der Waals surface area (Å²) in [5, 5.41) is 7.03. The molecule has 0 aromatic rings. The Labute approximate surface area is 157 Å². The second-order valence-corrected chi connectivity index (χ2v) is 7.22. The molecule has 0 unspecified atom stereocenters. The summed E-state index contributed by atoms with van der Waals surface area (Å²) in [5.74, 6) is 2.19. The van der Waals surface area contributed by atoms with Crippen LogP contribution in [-0.2, 0) is 0 Å². The van der Waals surface area contributed by atoms with Crippen LogP contribution in [0.1, 0.15) is 44.9 Å². The molecule has 0 atom stereocenters. The highest BCUT2D eigenvalue weighted by molar-refractivity contribution is 14.0. The van der Waals surface area contributed by atoms with Crippen LogP contribution in [0.5, 0.6) is 0 Å². The van der Waals surface area contributed by atoms with Crippen LogP contribution in [0, 0.1) is 0 Å². The fraction of sp³-hybridized carbons (Fsp3) is 0.938. The largest absolute Gasteiger partial charge is 0.356 e. The minimum absolute atomic E-state index is 0. The maximum absolute atomic E-state index is 4.35. The van der Waals surface area contributed by atoms with Crippen LogP contribution in [0.3, 0.4) is 0 Å². The van der Waals surface area contributed by atoms with Crippen molar-refractivity contribution in [1.29, 1.82) is 0 Å². The lowest BCUT2D eigenvalue weighted by atomic mass is 10.0. The van der Waals surface area contributed by atoms with Crippen LogP contribution < -0.4 is 10.6 Å². The van der Waals surface area contributed by atoms with E-state index in [2.05, 4.69) is 26.8 Å². The van der Waals surface area contributed by atoms with Crippen molar-refractivity contribution >= 4 is 41.7 Å². The van der Waals surface area contributed by atoms with Crippen LogP contribution in [0.2, 0.25) is 0 Å². The second-order valence-electron chi connectivity index (χ2n) is 6.24. The van der Waals surface area contributed by atoms with E-state index >= 15 is 0 Å². The SMILES string of the molecule is CN=C(NCCCSC)NC1CCN(C2CCCC2)CC1.I. The quantitative estimate of drug-likeness (QED) is 0.289. The van der Waals surface area contributed by atoms with Crippen LogP contribution in [0.4, 0.5) is 0 Å². The molecule has 2 aliphatic rings. The second kappa shape index (κ2) is 11.8. The van der Waals surface area contributed by atoms with Crippen LogP contribution in [0.15, 0.2) is 4.99 Å². The molecule has 1 heterocycles. The van der Waals surface area contributed by atoms with Gasteiger partial charge >= 0.3 is 0 Å². The van der Waals surface area contributed by atoms with Gasteiger partial charge in [-0.3, -0.25) is 4.99 Å². The maximum Gasteiger partial charge on any atom is 0.191 e. The van der Waals surface area contributed by atoms with E-state index in [-0.39, 0.29) is 24.0 Å². The fourth-order valence-electron chi connectivity index (χ4n) is 3.49. The van der Waals surface area contributed by atoms with Gasteiger partial charge in [-0.15, -0.1) is 24.0 Å². The van der Waals surface area contributed by atoms with Crippen molar-refractivity contribution < 1.29 is 0 Å². The minimum atomic E-state index is 0. The van der Waals surface area contributed by atoms with Gasteiger partial charge in [-0.2, -0.15) is 11.8 Å². The Morgan fingerprint density at radius 1 is 1.18 bits per heavy atom. The molecule has 1 aliphatic heterocycles. The third-order valence-electron chi connectivity index (χ3n) is 4.75. The van der Waals surface area contributed by atoms with Gasteiger partial charge in [-0.1, -0.05) is 12.8 Å². The summed E-state index contributed by atoms with van der Waals surface area (Å²) < 4.78 is 0. The number of hydrogen-bond donors (Lipinski definition) is 2. The van der Waals surface area contributed by atoms with Gasteiger partial charge in [0.1, 0.15) is 0 Å². The van der Waals surface area contributed by atoms with Crippen LogP contribution in [-0.4, -0.2) is 61.6 Å². The summed E-state index contributed by atoms with van der Waals surface area (Å²) in [5.41, 5.74) is 0. The first kappa shape index (κ1) is 20.4. The van der Waals surface area contributed by atoms with Crippen molar-refractivity contribution in [3.05, 3.63) is 0 Å². The summed E-state index contributed by atoms with van der Waals surface area (Å²) in [6.07, 6.45) is 11.6. The molecular formula is C16H33IN4S. The van der Waals surface area contributed by atoms with Gasteiger partial charge < -0.3 is 15.5 Å². The molecule has 0 amide bonds. The number of piperidine rings is 1. The standard InChI is InChI=1S/C16H32N4S.HI/c1-17-16(18-10-5-13-21-2)19-14-8-11-20(12-9-14)15-6-3-4-7-15;/h14-15H,3-13H2,1-2H3,(H2,17,18,19);1H. The fourth-order valence-corrected chi connectivity index (χ4v) is 3.92. The molecule has 1 saturated carbocycles. The van der Waals surface area contributed by atoms with E-state index in [9.17, 15) is 0 Å². The van der Waals surface area contributed by atoms with Crippen molar-refractivity contribution in [3.63, 3.8) is 0 Å². The number of thioether (sulfide) groups is 1. The van der Waals surface area contributed by atoms with Crippen molar-refractivity contribution in [3.8, 4) is 0 Å². The van der Waals surface area contributed by atoms with Crippen molar-refractivity contribution in [2.45, 2.75) is 57.0 Å². The Morgan fingerprint density at radius 2 is 1.86 bits per heavy atom. The summed E-state index contributed by atoms with van der Waals surface area (Å²) in [6.45, 7) is 3.53. The first-order valence-electron chi connectivity index (χ1n) is 8.53. The number of guanidine groups is 1. The Morgan fingerprint density at radius 3 is 2.45 bits per heavy atom. The number of hydrogen-bond acceptors (Lipinski definition) is 3. The molecule has 0 bridgehead atoms. The monoisotopic (exact) mass is 440 g/mol. The molecule has 4 nitrogen and oxygen atoms in total. The Hall–Kier alpha value is 0.310. The topological polar surface area (TPSA) is 39.7 Å². The lowest BCUT2D eigenvalue weighted by Gasteiger charge is -2.36. The van der Waals surface area contributed by atoms with Crippen molar-refractivity contribution in [2.75, 3.05) is 38.7 Å². The van der Waals surface area contributed by atoms with E-state index in [0.717, 1.165) is 18.5 Å². The molecule has 2 fully saturated rings. The lowest BCUT2D eigenvalue weighted by molar-refractivity contribution is 0.150. The summed E-state index contributed by atoms with van der Waals surface area (Å²) >= 11 is 1.90. The maximum atomic E-state index is 4.35. The molecule has 22 heavy (non-hydrogen) atoms. The Kier molecular flexibility index (Phi) is 10.9. The van der Waals surface area contributed by atoms with Gasteiger partial charge in [0.05, 0.1) is 0 Å². The van der Waals surface area contributed by atoms with E-state index in [4.69, 9.17) is 0 Å². The van der Waals surface area contributed by atoms with Gasteiger partial charge in [0, 0.05) is 38.8 Å². The van der Waals surface area contributed by atoms with Gasteiger partial charge in [0.15, 0.2) is 5.96 Å². The highest BCUT2D eigenvalue weighted by Crippen LogP contribution is 2.26. The van der Waals surface area contributed by atoms with Crippen molar-refractivity contribution in [1.82, 2.24) is 15.5 Å². The van der Waals surface area contributed by atoms with E-state index in [0.29, 0.717) is 6.04 Å². The predicted molar refractivity (Wildman–Crippen MR) is 110 cm³/mol. The first-order valence-corrected chi connectivity index (χ1v) is 9.93. The average molecular weight is 440 g/mol. The molecule has 0 aromatic heterocycles. The molecular weight excluding hydrogens is 407 g/mol. The zero-order chi connectivity index (χ0) is 14.9. The number of rotatable bonds is 6. The van der Waals surface area contributed by atoms with Gasteiger partial charge in [0.25, 0.3) is 0 Å². The van der Waals surface area contributed by atoms with Gasteiger partial charge in [0.2, 0.25) is 0 Å². The Bertz CT molecular complexity index is 313. The molecule has 0 radical (unpaired) electrons. The lowest BCUT2D eigenvalue weighted by Crippen LogP contribution is -2.50. The smallest absolute Gasteiger partial charge is 0.191 e. The molecule has 1 saturated heterocycles. The average Bonchev–Trinajstić information content (AvgIpc) is 3.05. The van der Waals surface area contributed by atoms with Crippen LogP contribution in [0.25, 0.3) is 0 Å². The van der Waals surface area contributed by atoms with Gasteiger partial charge in [-0.25, -0.2) is 0 Å². The van der Waals surface area contributed by atoms with E-state index in [1.807, 2.05) is 18.8 Å². The first-order chi connectivity index (χ1) is 10.3. The normalized spacial score (nSPS) is 21.6. The number of aliphatic imine (C=N–C) groups is 1. The van der Waals surface area contributed by atoms with Crippen molar-refractivity contribution in [2.24, 2.45) is 4.99 Å². The molecule has 6 heteroatoms. The molecule has 2 N–H and O–H groups in total.